The summed E-state index contributed by atoms with van der Waals surface area (Å²) >= 11 is 4.18. The third kappa shape index (κ3) is 3.99. The molecular weight excluding hydrogens is 242 g/mol. The molecule has 0 saturated heterocycles. The van der Waals surface area contributed by atoms with Crippen LogP contribution in [-0.2, 0) is 13.0 Å². The van der Waals surface area contributed by atoms with Crippen molar-refractivity contribution in [1.82, 2.24) is 10.2 Å². The summed E-state index contributed by atoms with van der Waals surface area (Å²) in [6.45, 7) is 5.19. The van der Waals surface area contributed by atoms with E-state index in [0.29, 0.717) is 0 Å². The van der Waals surface area contributed by atoms with Gasteiger partial charge in [-0.1, -0.05) is 24.3 Å². The zero-order chi connectivity index (χ0) is 12.8. The maximum atomic E-state index is 5.80. The summed E-state index contributed by atoms with van der Waals surface area (Å²) in [6.07, 6.45) is 1.17. The van der Waals surface area contributed by atoms with E-state index in [0.717, 1.165) is 38.5 Å². The second kappa shape index (κ2) is 7.14. The quantitative estimate of drug-likeness (QED) is 0.528. The molecule has 0 saturated carbocycles. The van der Waals surface area contributed by atoms with Crippen molar-refractivity contribution < 1.29 is 0 Å². The topological polar surface area (TPSA) is 41.3 Å². The lowest BCUT2D eigenvalue weighted by atomic mass is 10.00. The predicted molar refractivity (Wildman–Crippen MR) is 80.1 cm³/mol. The summed E-state index contributed by atoms with van der Waals surface area (Å²) in [5, 5.41) is 3.39. The monoisotopic (exact) mass is 265 g/mol. The van der Waals surface area contributed by atoms with Gasteiger partial charge >= 0.3 is 0 Å². The van der Waals surface area contributed by atoms with E-state index in [4.69, 9.17) is 5.73 Å². The minimum Gasteiger partial charge on any atom is -0.326 e. The minimum absolute atomic E-state index is 0.162. The Morgan fingerprint density at radius 3 is 2.89 bits per heavy atom. The predicted octanol–water partition coefficient (Wildman–Crippen LogP) is 0.891. The van der Waals surface area contributed by atoms with Crippen LogP contribution in [0.1, 0.15) is 11.1 Å². The van der Waals surface area contributed by atoms with Crippen molar-refractivity contribution in [3.8, 4) is 0 Å². The van der Waals surface area contributed by atoms with Gasteiger partial charge in [-0.3, -0.25) is 4.90 Å². The SMILES string of the molecule is N[C@@H](CS)CNCCN1CCc2ccccc2C1. The average Bonchev–Trinajstić information content (AvgIpc) is 2.43. The maximum absolute atomic E-state index is 5.80. The first kappa shape index (κ1) is 13.9. The lowest BCUT2D eigenvalue weighted by molar-refractivity contribution is 0.253. The number of nitrogens with one attached hydrogen (secondary N) is 1. The summed E-state index contributed by atoms with van der Waals surface area (Å²) in [5.41, 5.74) is 8.80. The van der Waals surface area contributed by atoms with Crippen LogP contribution in [0.25, 0.3) is 0 Å². The van der Waals surface area contributed by atoms with Crippen LogP contribution < -0.4 is 11.1 Å². The number of nitrogens with zero attached hydrogens (tertiary/aromatic N) is 1. The van der Waals surface area contributed by atoms with Gasteiger partial charge in [0.25, 0.3) is 0 Å². The van der Waals surface area contributed by atoms with E-state index < -0.39 is 0 Å². The standard InChI is InChI=1S/C14H23N3S/c15-14(11-18)9-16-6-8-17-7-5-12-3-1-2-4-13(12)10-17/h1-4,14,16,18H,5-11,15H2/t14-/m1/s1. The Morgan fingerprint density at radius 2 is 2.11 bits per heavy atom. The molecule has 0 radical (unpaired) electrons. The normalized spacial score (nSPS) is 17.4. The van der Waals surface area contributed by atoms with E-state index in [1.807, 2.05) is 0 Å². The van der Waals surface area contributed by atoms with Gasteiger partial charge in [0, 0.05) is 44.5 Å². The number of hydrogen-bond acceptors (Lipinski definition) is 4. The van der Waals surface area contributed by atoms with Crippen molar-refractivity contribution in [1.29, 1.82) is 0 Å². The largest absolute Gasteiger partial charge is 0.326 e. The molecule has 100 valence electrons. The molecule has 0 aromatic heterocycles. The van der Waals surface area contributed by atoms with Crippen molar-refractivity contribution in [2.75, 3.05) is 31.9 Å². The molecular formula is C14H23N3S. The molecule has 0 amide bonds. The highest BCUT2D eigenvalue weighted by molar-refractivity contribution is 7.80. The van der Waals surface area contributed by atoms with Crippen molar-refractivity contribution in [2.24, 2.45) is 5.73 Å². The fourth-order valence-electron chi connectivity index (χ4n) is 2.33. The molecule has 1 aromatic carbocycles. The van der Waals surface area contributed by atoms with Crippen LogP contribution in [0.5, 0.6) is 0 Å². The number of benzene rings is 1. The number of hydrogen-bond donors (Lipinski definition) is 3. The fraction of sp³-hybridized carbons (Fsp3) is 0.571. The first-order chi connectivity index (χ1) is 8.79. The van der Waals surface area contributed by atoms with Gasteiger partial charge in [0.2, 0.25) is 0 Å². The number of thiol groups is 1. The first-order valence-electron chi connectivity index (χ1n) is 6.66. The van der Waals surface area contributed by atoms with Crippen molar-refractivity contribution >= 4 is 12.6 Å². The van der Waals surface area contributed by atoms with Crippen molar-refractivity contribution in [3.63, 3.8) is 0 Å². The molecule has 0 spiro atoms. The molecule has 1 aliphatic heterocycles. The molecule has 1 atom stereocenters. The summed E-state index contributed by atoms with van der Waals surface area (Å²) in [6, 6.07) is 8.92. The molecule has 4 heteroatoms. The van der Waals surface area contributed by atoms with Crippen molar-refractivity contribution in [2.45, 2.75) is 19.0 Å². The van der Waals surface area contributed by atoms with Gasteiger partial charge in [0.1, 0.15) is 0 Å². The molecule has 0 fully saturated rings. The Morgan fingerprint density at radius 1 is 1.33 bits per heavy atom. The third-order valence-corrected chi connectivity index (χ3v) is 3.92. The lowest BCUT2D eigenvalue weighted by Crippen LogP contribution is -2.40. The van der Waals surface area contributed by atoms with Crippen molar-refractivity contribution in [3.05, 3.63) is 35.4 Å². The summed E-state index contributed by atoms with van der Waals surface area (Å²) in [5.74, 6) is 0.740. The second-order valence-electron chi connectivity index (χ2n) is 4.94. The van der Waals surface area contributed by atoms with Gasteiger partial charge in [-0.15, -0.1) is 0 Å². The molecule has 0 unspecified atom stereocenters. The fourth-order valence-corrected chi connectivity index (χ4v) is 2.46. The maximum Gasteiger partial charge on any atom is 0.0254 e. The molecule has 2 rings (SSSR count). The van der Waals surface area contributed by atoms with Gasteiger partial charge in [0.15, 0.2) is 0 Å². The highest BCUT2D eigenvalue weighted by Gasteiger charge is 2.14. The highest BCUT2D eigenvalue weighted by Crippen LogP contribution is 2.17. The van der Waals surface area contributed by atoms with Crippen LogP contribution in [0.4, 0.5) is 0 Å². The third-order valence-electron chi connectivity index (χ3n) is 3.46. The van der Waals surface area contributed by atoms with Crippen LogP contribution in [0.15, 0.2) is 24.3 Å². The van der Waals surface area contributed by atoms with Gasteiger partial charge in [0.05, 0.1) is 0 Å². The Bertz CT molecular complexity index is 370. The van der Waals surface area contributed by atoms with E-state index in [2.05, 4.69) is 47.1 Å². The van der Waals surface area contributed by atoms with Gasteiger partial charge in [-0.2, -0.15) is 12.6 Å². The number of rotatable bonds is 6. The molecule has 0 aliphatic carbocycles. The summed E-state index contributed by atoms with van der Waals surface area (Å²) in [4.78, 5) is 2.50. The van der Waals surface area contributed by atoms with Crippen LogP contribution in [0.3, 0.4) is 0 Å². The molecule has 3 N–H and O–H groups in total. The minimum atomic E-state index is 0.162. The van der Waals surface area contributed by atoms with E-state index in [-0.39, 0.29) is 6.04 Å². The molecule has 1 aromatic rings. The molecule has 1 heterocycles. The number of nitrogens with two attached hydrogens (primary N) is 1. The second-order valence-corrected chi connectivity index (χ2v) is 5.31. The average molecular weight is 265 g/mol. The lowest BCUT2D eigenvalue weighted by Gasteiger charge is -2.28. The Balaban J connectivity index is 1.70. The molecule has 0 bridgehead atoms. The van der Waals surface area contributed by atoms with Gasteiger partial charge in [-0.25, -0.2) is 0 Å². The van der Waals surface area contributed by atoms with Gasteiger partial charge < -0.3 is 11.1 Å². The summed E-state index contributed by atoms with van der Waals surface area (Å²) in [7, 11) is 0. The highest BCUT2D eigenvalue weighted by atomic mass is 32.1. The molecule has 3 nitrogen and oxygen atoms in total. The van der Waals surface area contributed by atoms with Crippen LogP contribution in [0.2, 0.25) is 0 Å². The molecule has 1 aliphatic rings. The van der Waals surface area contributed by atoms with Gasteiger partial charge in [-0.05, 0) is 17.5 Å². The number of fused-ring (bicyclic) bond motifs is 1. The van der Waals surface area contributed by atoms with E-state index >= 15 is 0 Å². The smallest absolute Gasteiger partial charge is 0.0254 e. The zero-order valence-electron chi connectivity index (χ0n) is 10.8. The first-order valence-corrected chi connectivity index (χ1v) is 7.29. The van der Waals surface area contributed by atoms with E-state index in [1.54, 1.807) is 0 Å². The van der Waals surface area contributed by atoms with Crippen LogP contribution in [0, 0.1) is 0 Å². The Kier molecular flexibility index (Phi) is 5.50. The van der Waals surface area contributed by atoms with E-state index in [1.165, 1.54) is 17.5 Å². The van der Waals surface area contributed by atoms with Crippen LogP contribution in [-0.4, -0.2) is 42.9 Å². The summed E-state index contributed by atoms with van der Waals surface area (Å²) < 4.78 is 0. The van der Waals surface area contributed by atoms with Crippen LogP contribution >= 0.6 is 12.6 Å². The Hall–Kier alpha value is -0.550. The van der Waals surface area contributed by atoms with E-state index in [9.17, 15) is 0 Å². The Labute approximate surface area is 115 Å². The molecule has 18 heavy (non-hydrogen) atoms. The zero-order valence-corrected chi connectivity index (χ0v) is 11.7.